The number of nitrogens with one attached hydrogen (secondary N) is 2. The van der Waals surface area contributed by atoms with Crippen molar-refractivity contribution in [2.75, 3.05) is 29.9 Å². The molecule has 168 valence electrons. The molecule has 32 heavy (non-hydrogen) atoms. The van der Waals surface area contributed by atoms with Crippen LogP contribution < -0.4 is 15.5 Å². The van der Waals surface area contributed by atoms with Gasteiger partial charge in [0.15, 0.2) is 0 Å². The summed E-state index contributed by atoms with van der Waals surface area (Å²) in [5, 5.41) is 5.76. The predicted molar refractivity (Wildman–Crippen MR) is 123 cm³/mol. The fraction of sp³-hybridized carbons (Fsp3) is 0.400. The summed E-state index contributed by atoms with van der Waals surface area (Å²) in [4.78, 5) is 40.0. The van der Waals surface area contributed by atoms with Crippen LogP contribution in [0, 0.1) is 19.8 Å². The maximum absolute atomic E-state index is 13.0. The van der Waals surface area contributed by atoms with Crippen molar-refractivity contribution in [1.82, 2.24) is 5.32 Å². The first-order chi connectivity index (χ1) is 15.4. The lowest BCUT2D eigenvalue weighted by Gasteiger charge is -2.18. The molecule has 2 saturated heterocycles. The van der Waals surface area contributed by atoms with E-state index in [1.54, 1.807) is 29.2 Å². The molecule has 2 N–H and O–H groups in total. The van der Waals surface area contributed by atoms with Crippen LogP contribution in [-0.2, 0) is 14.3 Å². The highest BCUT2D eigenvalue weighted by Gasteiger charge is 2.35. The van der Waals surface area contributed by atoms with Gasteiger partial charge in [0.05, 0.1) is 23.3 Å². The van der Waals surface area contributed by atoms with E-state index in [0.717, 1.165) is 36.3 Å². The quantitative estimate of drug-likeness (QED) is 0.729. The van der Waals surface area contributed by atoms with Crippen LogP contribution in [0.15, 0.2) is 42.5 Å². The molecule has 0 saturated carbocycles. The summed E-state index contributed by atoms with van der Waals surface area (Å²) in [6.45, 7) is 5.47. The smallest absolute Gasteiger partial charge is 0.253 e. The number of hydrogen-bond acceptors (Lipinski definition) is 4. The summed E-state index contributed by atoms with van der Waals surface area (Å²) < 4.78 is 5.55. The van der Waals surface area contributed by atoms with E-state index >= 15 is 0 Å². The minimum absolute atomic E-state index is 0.0430. The SMILES string of the molecule is Cc1cc(C)cc(N2CC(C(=O)Nc3ccccc3C(=O)NCC3CCCO3)CC2=O)c1. The topological polar surface area (TPSA) is 87.7 Å². The second kappa shape index (κ2) is 9.53. The highest BCUT2D eigenvalue weighted by Crippen LogP contribution is 2.28. The first-order valence-corrected chi connectivity index (χ1v) is 11.1. The van der Waals surface area contributed by atoms with Gasteiger partial charge in [-0.25, -0.2) is 0 Å². The van der Waals surface area contributed by atoms with Crippen molar-refractivity contribution >= 4 is 29.1 Å². The third-order valence-corrected chi connectivity index (χ3v) is 5.96. The fourth-order valence-corrected chi connectivity index (χ4v) is 4.37. The van der Waals surface area contributed by atoms with E-state index in [1.807, 2.05) is 26.0 Å². The number of anilines is 2. The number of carbonyl (C=O) groups excluding carboxylic acids is 3. The Morgan fingerprint density at radius 1 is 1.12 bits per heavy atom. The zero-order valence-corrected chi connectivity index (χ0v) is 18.5. The molecule has 4 rings (SSSR count). The van der Waals surface area contributed by atoms with Gasteiger partial charge in [-0.2, -0.15) is 0 Å². The Kier molecular flexibility index (Phi) is 6.55. The van der Waals surface area contributed by atoms with Crippen LogP contribution in [0.25, 0.3) is 0 Å². The van der Waals surface area contributed by atoms with Gasteiger partial charge in [-0.15, -0.1) is 0 Å². The number of amides is 3. The normalized spacial score (nSPS) is 20.4. The van der Waals surface area contributed by atoms with Gasteiger partial charge in [0, 0.05) is 31.8 Å². The van der Waals surface area contributed by atoms with E-state index in [9.17, 15) is 14.4 Å². The molecule has 3 amide bonds. The third-order valence-electron chi connectivity index (χ3n) is 5.96. The molecular weight excluding hydrogens is 406 g/mol. The molecule has 7 heteroatoms. The molecule has 2 unspecified atom stereocenters. The largest absolute Gasteiger partial charge is 0.376 e. The minimum Gasteiger partial charge on any atom is -0.376 e. The summed E-state index contributed by atoms with van der Waals surface area (Å²) in [6, 6.07) is 12.9. The molecule has 0 radical (unpaired) electrons. The third kappa shape index (κ3) is 4.99. The van der Waals surface area contributed by atoms with E-state index < -0.39 is 5.92 Å². The second-order valence-corrected chi connectivity index (χ2v) is 8.63. The van der Waals surface area contributed by atoms with Crippen LogP contribution >= 0.6 is 0 Å². The highest BCUT2D eigenvalue weighted by atomic mass is 16.5. The van der Waals surface area contributed by atoms with Gasteiger partial charge >= 0.3 is 0 Å². The Morgan fingerprint density at radius 2 is 1.88 bits per heavy atom. The van der Waals surface area contributed by atoms with E-state index in [-0.39, 0.29) is 30.2 Å². The standard InChI is InChI=1S/C25H29N3O4/c1-16-10-17(2)12-19(11-16)28-15-18(13-23(28)29)24(30)27-22-8-4-3-7-21(22)25(31)26-14-20-6-5-9-32-20/h3-4,7-8,10-12,18,20H,5-6,9,13-15H2,1-2H3,(H,26,31)(H,27,30). The van der Waals surface area contributed by atoms with Gasteiger partial charge in [0.25, 0.3) is 5.91 Å². The van der Waals surface area contributed by atoms with Gasteiger partial charge in [0.1, 0.15) is 0 Å². The van der Waals surface area contributed by atoms with Crippen molar-refractivity contribution in [3.8, 4) is 0 Å². The van der Waals surface area contributed by atoms with Crippen LogP contribution in [0.3, 0.4) is 0 Å². The molecule has 2 heterocycles. The molecule has 2 aromatic rings. The highest BCUT2D eigenvalue weighted by molar-refractivity contribution is 6.07. The van der Waals surface area contributed by atoms with Gasteiger partial charge < -0.3 is 20.3 Å². The number of carbonyl (C=O) groups is 3. The van der Waals surface area contributed by atoms with Gasteiger partial charge in [-0.1, -0.05) is 18.2 Å². The Labute approximate surface area is 188 Å². The van der Waals surface area contributed by atoms with Crippen LogP contribution in [0.2, 0.25) is 0 Å². The Morgan fingerprint density at radius 3 is 2.59 bits per heavy atom. The predicted octanol–water partition coefficient (Wildman–Crippen LogP) is 3.20. The van der Waals surface area contributed by atoms with E-state index in [1.165, 1.54) is 0 Å². The summed E-state index contributed by atoms with van der Waals surface area (Å²) in [5.41, 5.74) is 3.80. The maximum Gasteiger partial charge on any atom is 0.253 e. The number of rotatable bonds is 6. The average Bonchev–Trinajstić information content (AvgIpc) is 3.41. The number of para-hydroxylation sites is 1. The molecule has 0 spiro atoms. The zero-order chi connectivity index (χ0) is 22.7. The van der Waals surface area contributed by atoms with E-state index in [2.05, 4.69) is 16.7 Å². The molecule has 2 aliphatic rings. The van der Waals surface area contributed by atoms with Crippen molar-refractivity contribution < 1.29 is 19.1 Å². The zero-order valence-electron chi connectivity index (χ0n) is 18.5. The van der Waals surface area contributed by atoms with Crippen molar-refractivity contribution in [2.45, 2.75) is 39.2 Å². The molecular formula is C25H29N3O4. The lowest BCUT2D eigenvalue weighted by atomic mass is 10.1. The Bertz CT molecular complexity index is 1010. The first-order valence-electron chi connectivity index (χ1n) is 11.1. The molecule has 2 fully saturated rings. The summed E-state index contributed by atoms with van der Waals surface area (Å²) >= 11 is 0. The average molecular weight is 436 g/mol. The fourth-order valence-electron chi connectivity index (χ4n) is 4.37. The monoisotopic (exact) mass is 435 g/mol. The summed E-state index contributed by atoms with van der Waals surface area (Å²) in [5.74, 6) is -1.07. The van der Waals surface area contributed by atoms with Gasteiger partial charge in [0.2, 0.25) is 11.8 Å². The molecule has 2 aromatic carbocycles. The minimum atomic E-state index is -0.480. The number of ether oxygens (including phenoxy) is 1. The number of nitrogens with zero attached hydrogens (tertiary/aromatic N) is 1. The molecule has 0 aliphatic carbocycles. The number of hydrogen-bond donors (Lipinski definition) is 2. The molecule has 2 atom stereocenters. The van der Waals surface area contributed by atoms with E-state index in [4.69, 9.17) is 4.74 Å². The van der Waals surface area contributed by atoms with Crippen LogP contribution in [-0.4, -0.2) is 43.5 Å². The molecule has 2 aliphatic heterocycles. The first kappa shape index (κ1) is 22.0. The Hall–Kier alpha value is -3.19. The Balaban J connectivity index is 1.42. The second-order valence-electron chi connectivity index (χ2n) is 8.63. The number of benzene rings is 2. The molecule has 0 bridgehead atoms. The van der Waals surface area contributed by atoms with Crippen molar-refractivity contribution in [2.24, 2.45) is 5.92 Å². The van der Waals surface area contributed by atoms with Crippen molar-refractivity contribution in [3.05, 3.63) is 59.2 Å². The van der Waals surface area contributed by atoms with Gasteiger partial charge in [-0.3, -0.25) is 14.4 Å². The van der Waals surface area contributed by atoms with Gasteiger partial charge in [-0.05, 0) is 62.1 Å². The van der Waals surface area contributed by atoms with Crippen LogP contribution in [0.4, 0.5) is 11.4 Å². The van der Waals surface area contributed by atoms with Crippen LogP contribution in [0.1, 0.15) is 40.7 Å². The van der Waals surface area contributed by atoms with Crippen molar-refractivity contribution in [3.63, 3.8) is 0 Å². The van der Waals surface area contributed by atoms with Crippen LogP contribution in [0.5, 0.6) is 0 Å². The van der Waals surface area contributed by atoms with Crippen molar-refractivity contribution in [1.29, 1.82) is 0 Å². The van der Waals surface area contributed by atoms with E-state index in [0.29, 0.717) is 24.3 Å². The maximum atomic E-state index is 13.0. The molecule has 7 nitrogen and oxygen atoms in total. The lowest BCUT2D eigenvalue weighted by molar-refractivity contribution is -0.122. The summed E-state index contributed by atoms with van der Waals surface area (Å²) in [6.07, 6.45) is 2.13. The number of aryl methyl sites for hydroxylation is 2. The lowest BCUT2D eigenvalue weighted by Crippen LogP contribution is -2.33. The summed E-state index contributed by atoms with van der Waals surface area (Å²) in [7, 11) is 0. The molecule has 0 aromatic heterocycles.